The molecule has 0 amide bonds. The van der Waals surface area contributed by atoms with Gasteiger partial charge in [0.25, 0.3) is 0 Å². The monoisotopic (exact) mass is 226 g/mol. The first-order chi connectivity index (χ1) is 6.70. The summed E-state index contributed by atoms with van der Waals surface area (Å²) in [5.41, 5.74) is 1.15. The van der Waals surface area contributed by atoms with Crippen molar-refractivity contribution in [1.82, 2.24) is 4.98 Å². The van der Waals surface area contributed by atoms with Crippen molar-refractivity contribution in [3.8, 4) is 11.1 Å². The van der Waals surface area contributed by atoms with Gasteiger partial charge in [-0.2, -0.15) is 0 Å². The molecule has 1 aromatic carbocycles. The quantitative estimate of drug-likeness (QED) is 0.717. The molecule has 4 heteroatoms. The molecule has 0 bridgehead atoms. The van der Waals surface area contributed by atoms with E-state index in [2.05, 4.69) is 4.98 Å². The number of nitrogens with one attached hydrogen (secondary N) is 1. The topological polar surface area (TPSA) is 15.8 Å². The van der Waals surface area contributed by atoms with Gasteiger partial charge in [0.15, 0.2) is 0 Å². The van der Waals surface area contributed by atoms with Gasteiger partial charge >= 0.3 is 91.4 Å². The molecule has 2 aromatic rings. The van der Waals surface area contributed by atoms with Gasteiger partial charge in [-0.25, -0.2) is 0 Å². The molecule has 0 aliphatic rings. The number of halogens is 2. The molecule has 14 heavy (non-hydrogen) atoms. The van der Waals surface area contributed by atoms with Crippen LogP contribution in [-0.4, -0.2) is 4.98 Å². The molecule has 0 saturated carbocycles. The zero-order valence-electron chi connectivity index (χ0n) is 7.14. The third-order valence-corrected chi connectivity index (χ3v) is 2.72. The molecule has 1 aromatic heterocycles. The zero-order valence-corrected chi connectivity index (χ0v) is 8.70. The average Bonchev–Trinajstić information content (AvgIpc) is 2.67. The van der Waals surface area contributed by atoms with Crippen molar-refractivity contribution in [2.75, 3.05) is 0 Å². The normalized spacial score (nSPS) is 10.4. The Morgan fingerprint density at radius 2 is 1.93 bits per heavy atom. The van der Waals surface area contributed by atoms with Crippen LogP contribution in [0.2, 0.25) is 0 Å². The summed E-state index contributed by atoms with van der Waals surface area (Å²) >= 11 is 1.43. The molecule has 1 nitrogen and oxygen atoms in total. The number of aromatic nitrogens is 1. The average molecular weight is 226 g/mol. The summed E-state index contributed by atoms with van der Waals surface area (Å²) in [7, 11) is 0. The van der Waals surface area contributed by atoms with E-state index in [0.29, 0.717) is 5.56 Å². The van der Waals surface area contributed by atoms with Crippen molar-refractivity contribution in [1.29, 1.82) is 0 Å². The van der Waals surface area contributed by atoms with Gasteiger partial charge in [0.05, 0.1) is 0 Å². The van der Waals surface area contributed by atoms with E-state index in [1.807, 2.05) is 0 Å². The Morgan fingerprint density at radius 1 is 1.14 bits per heavy atom. The first kappa shape index (κ1) is 9.62. The molecule has 0 saturated heterocycles. The van der Waals surface area contributed by atoms with E-state index in [1.54, 1.807) is 18.5 Å². The van der Waals surface area contributed by atoms with Gasteiger partial charge in [-0.3, -0.25) is 0 Å². The Hall–Kier alpha value is -0.926. The van der Waals surface area contributed by atoms with Crippen LogP contribution in [0.4, 0.5) is 8.78 Å². The molecule has 0 unspecified atom stereocenters. The second-order valence-electron chi connectivity index (χ2n) is 2.88. The summed E-state index contributed by atoms with van der Waals surface area (Å²) in [6.07, 6.45) is 3.38. The molecular formula is C10H6F2NTi. The van der Waals surface area contributed by atoms with Crippen molar-refractivity contribution in [2.24, 2.45) is 0 Å². The van der Waals surface area contributed by atoms with Crippen molar-refractivity contribution in [3.63, 3.8) is 0 Å². The number of H-pyrrole nitrogens is 1. The predicted molar refractivity (Wildman–Crippen MR) is 45.8 cm³/mol. The molecule has 0 radical (unpaired) electrons. The van der Waals surface area contributed by atoms with Gasteiger partial charge in [-0.1, -0.05) is 0 Å². The SMILES string of the molecule is Fc1ccc(-c2cc[nH]c2)c(F)[c]1[Ti]. The summed E-state index contributed by atoms with van der Waals surface area (Å²) in [5.74, 6) is -1.01. The van der Waals surface area contributed by atoms with Crippen LogP contribution in [0, 0.1) is 11.6 Å². The van der Waals surface area contributed by atoms with Gasteiger partial charge in [0.1, 0.15) is 0 Å². The maximum atomic E-state index is 13.6. The summed E-state index contributed by atoms with van der Waals surface area (Å²) in [6.45, 7) is 0. The number of hydrogen-bond donors (Lipinski definition) is 1. The summed E-state index contributed by atoms with van der Waals surface area (Å²) in [4.78, 5) is 2.83. The van der Waals surface area contributed by atoms with E-state index in [9.17, 15) is 8.78 Å². The first-order valence-corrected chi connectivity index (χ1v) is 4.81. The third kappa shape index (κ3) is 1.53. The Labute approximate surface area is 91.6 Å². The van der Waals surface area contributed by atoms with Crippen molar-refractivity contribution < 1.29 is 29.2 Å². The van der Waals surface area contributed by atoms with Crippen molar-refractivity contribution >= 4 is 3.87 Å². The van der Waals surface area contributed by atoms with Crippen LogP contribution in [0.3, 0.4) is 0 Å². The first-order valence-electron chi connectivity index (χ1n) is 4.03. The number of rotatable bonds is 1. The molecule has 1 N–H and O–H groups in total. The fourth-order valence-corrected chi connectivity index (χ4v) is 1.61. The number of aromatic amines is 1. The van der Waals surface area contributed by atoms with Gasteiger partial charge in [0, 0.05) is 0 Å². The van der Waals surface area contributed by atoms with Crippen LogP contribution < -0.4 is 3.87 Å². The number of hydrogen-bond acceptors (Lipinski definition) is 0. The molecule has 0 aliphatic heterocycles. The second-order valence-corrected chi connectivity index (χ2v) is 3.66. The predicted octanol–water partition coefficient (Wildman–Crippen LogP) is 2.13. The third-order valence-electron chi connectivity index (χ3n) is 2.00. The molecule has 2 rings (SSSR count). The summed E-state index contributed by atoms with van der Waals surface area (Å²) in [6, 6.07) is 4.47. The van der Waals surface area contributed by atoms with Gasteiger partial charge < -0.3 is 0 Å². The van der Waals surface area contributed by atoms with Crippen molar-refractivity contribution in [3.05, 3.63) is 42.2 Å². The summed E-state index contributed by atoms with van der Waals surface area (Å²) in [5, 5.41) is 0. The molecule has 0 aliphatic carbocycles. The Morgan fingerprint density at radius 3 is 2.57 bits per heavy atom. The Bertz CT molecular complexity index is 451. The summed E-state index contributed by atoms with van der Waals surface area (Å²) < 4.78 is 26.6. The molecule has 0 fully saturated rings. The van der Waals surface area contributed by atoms with Crippen molar-refractivity contribution in [2.45, 2.75) is 0 Å². The standard InChI is InChI=1S/C10H6F2N.Ti/c11-8-1-2-9(10(12)5-8)7-3-4-13-6-7;/h1-4,6,13H;. The Balaban J connectivity index is 2.61. The molecule has 0 spiro atoms. The van der Waals surface area contributed by atoms with Crippen LogP contribution >= 0.6 is 0 Å². The number of benzene rings is 1. The van der Waals surface area contributed by atoms with Gasteiger partial charge in [-0.15, -0.1) is 0 Å². The van der Waals surface area contributed by atoms with Gasteiger partial charge in [0.2, 0.25) is 0 Å². The molecule has 69 valence electrons. The minimum absolute atomic E-state index is 0.0590. The van der Waals surface area contributed by atoms with Gasteiger partial charge in [-0.05, 0) is 0 Å². The van der Waals surface area contributed by atoms with E-state index in [4.69, 9.17) is 0 Å². The van der Waals surface area contributed by atoms with E-state index < -0.39 is 11.6 Å². The molecule has 1 heterocycles. The van der Waals surface area contributed by atoms with E-state index in [-0.39, 0.29) is 3.87 Å². The van der Waals surface area contributed by atoms with Crippen LogP contribution in [0.15, 0.2) is 30.6 Å². The Kier molecular flexibility index (Phi) is 2.53. The van der Waals surface area contributed by atoms with Crippen LogP contribution in [0.5, 0.6) is 0 Å². The van der Waals surface area contributed by atoms with Crippen LogP contribution in [0.25, 0.3) is 11.1 Å². The second kappa shape index (κ2) is 3.67. The zero-order chi connectivity index (χ0) is 10.1. The molecular weight excluding hydrogens is 220 g/mol. The fourth-order valence-electron chi connectivity index (χ4n) is 1.27. The van der Waals surface area contributed by atoms with E-state index >= 15 is 0 Å². The van der Waals surface area contributed by atoms with E-state index in [0.717, 1.165) is 5.56 Å². The maximum absolute atomic E-state index is 13.6. The molecule has 0 atom stereocenters. The van der Waals surface area contributed by atoms with E-state index in [1.165, 1.54) is 32.6 Å². The fraction of sp³-hybridized carbons (Fsp3) is 0. The van der Waals surface area contributed by atoms with Crippen LogP contribution in [0.1, 0.15) is 0 Å². The minimum atomic E-state index is -0.512. The van der Waals surface area contributed by atoms with Crippen LogP contribution in [-0.2, 0) is 20.4 Å².